The molecule has 0 aromatic carbocycles. The Morgan fingerprint density at radius 2 is 1.88 bits per heavy atom. The van der Waals surface area contributed by atoms with Gasteiger partial charge in [-0.2, -0.15) is 0 Å². The molecule has 0 unspecified atom stereocenters. The highest BCUT2D eigenvalue weighted by Crippen LogP contribution is 2.15. The van der Waals surface area contributed by atoms with Gasteiger partial charge in [-0.05, 0) is 19.1 Å². The van der Waals surface area contributed by atoms with Crippen molar-refractivity contribution in [3.8, 4) is 11.8 Å². The van der Waals surface area contributed by atoms with Crippen LogP contribution in [0.5, 0.6) is 11.8 Å². The molecule has 0 saturated carbocycles. The average Bonchev–Trinajstić information content (AvgIpc) is 2.33. The molecular formula is C11H9N3O3. The highest BCUT2D eigenvalue weighted by molar-refractivity contribution is 5.86. The van der Waals surface area contributed by atoms with E-state index >= 15 is 0 Å². The minimum atomic E-state index is -1.08. The van der Waals surface area contributed by atoms with E-state index in [9.17, 15) is 4.79 Å². The lowest BCUT2D eigenvalue weighted by Crippen LogP contribution is -1.99. The van der Waals surface area contributed by atoms with E-state index in [2.05, 4.69) is 15.0 Å². The largest absolute Gasteiger partial charge is 0.478 e. The zero-order chi connectivity index (χ0) is 12.3. The third-order valence-corrected chi connectivity index (χ3v) is 1.97. The van der Waals surface area contributed by atoms with Gasteiger partial charge in [-0.1, -0.05) is 0 Å². The van der Waals surface area contributed by atoms with Crippen LogP contribution in [-0.2, 0) is 0 Å². The molecule has 1 N–H and O–H groups in total. The molecule has 17 heavy (non-hydrogen) atoms. The van der Waals surface area contributed by atoms with Crippen LogP contribution in [0.1, 0.15) is 16.1 Å². The van der Waals surface area contributed by atoms with Crippen molar-refractivity contribution in [2.24, 2.45) is 0 Å². The van der Waals surface area contributed by atoms with Crippen molar-refractivity contribution in [2.45, 2.75) is 6.92 Å². The first-order chi connectivity index (χ1) is 8.15. The van der Waals surface area contributed by atoms with Crippen molar-refractivity contribution >= 4 is 5.97 Å². The van der Waals surface area contributed by atoms with Crippen LogP contribution in [0.2, 0.25) is 0 Å². The van der Waals surface area contributed by atoms with Gasteiger partial charge in [0.1, 0.15) is 5.75 Å². The zero-order valence-electron chi connectivity index (χ0n) is 8.99. The third kappa shape index (κ3) is 2.75. The summed E-state index contributed by atoms with van der Waals surface area (Å²) < 4.78 is 5.29. The molecule has 0 fully saturated rings. The van der Waals surface area contributed by atoms with Crippen LogP contribution in [0.25, 0.3) is 0 Å². The summed E-state index contributed by atoms with van der Waals surface area (Å²) in [5.74, 6) is -0.577. The molecule has 0 radical (unpaired) electrons. The minimum Gasteiger partial charge on any atom is -0.478 e. The fourth-order valence-corrected chi connectivity index (χ4v) is 1.10. The van der Waals surface area contributed by atoms with Crippen LogP contribution in [-0.4, -0.2) is 26.0 Å². The van der Waals surface area contributed by atoms with Crippen LogP contribution in [0, 0.1) is 6.92 Å². The predicted octanol–water partition coefficient (Wildman–Crippen LogP) is 1.67. The van der Waals surface area contributed by atoms with E-state index in [0.717, 1.165) is 5.69 Å². The summed E-state index contributed by atoms with van der Waals surface area (Å²) in [5, 5.41) is 8.67. The lowest BCUT2D eigenvalue weighted by Gasteiger charge is -2.03. The molecule has 2 rings (SSSR count). The van der Waals surface area contributed by atoms with Crippen LogP contribution < -0.4 is 4.74 Å². The fraction of sp³-hybridized carbons (Fsp3) is 0.0909. The highest BCUT2D eigenvalue weighted by Gasteiger charge is 2.05. The molecule has 2 heterocycles. The number of aromatic nitrogens is 3. The van der Waals surface area contributed by atoms with Crippen molar-refractivity contribution < 1.29 is 14.6 Å². The highest BCUT2D eigenvalue weighted by atomic mass is 16.5. The monoisotopic (exact) mass is 231 g/mol. The number of hydrogen-bond acceptors (Lipinski definition) is 5. The molecule has 0 spiro atoms. The van der Waals surface area contributed by atoms with E-state index in [1.54, 1.807) is 18.3 Å². The summed E-state index contributed by atoms with van der Waals surface area (Å²) >= 11 is 0. The third-order valence-electron chi connectivity index (χ3n) is 1.97. The number of aromatic carboxylic acids is 1. The second-order valence-corrected chi connectivity index (χ2v) is 3.30. The van der Waals surface area contributed by atoms with Gasteiger partial charge < -0.3 is 9.84 Å². The molecule has 2 aromatic heterocycles. The summed E-state index contributed by atoms with van der Waals surface area (Å²) in [6.07, 6.45) is 3.92. The molecule has 0 bridgehead atoms. The molecule has 2 aromatic rings. The minimum absolute atomic E-state index is 0.0133. The molecule has 0 atom stereocenters. The molecule has 86 valence electrons. The number of carbonyl (C=O) groups is 1. The summed E-state index contributed by atoms with van der Waals surface area (Å²) in [5.41, 5.74) is 0.888. The van der Waals surface area contributed by atoms with Gasteiger partial charge in [0.05, 0.1) is 11.8 Å². The van der Waals surface area contributed by atoms with Gasteiger partial charge in [0.25, 0.3) is 0 Å². The van der Waals surface area contributed by atoms with Gasteiger partial charge >= 0.3 is 12.0 Å². The molecule has 0 amide bonds. The molecule has 0 aliphatic rings. The smallest absolute Gasteiger partial charge is 0.338 e. The van der Waals surface area contributed by atoms with Crippen molar-refractivity contribution in [1.82, 2.24) is 15.0 Å². The Bertz CT molecular complexity index is 523. The average molecular weight is 231 g/mol. The Balaban J connectivity index is 2.13. The van der Waals surface area contributed by atoms with Crippen LogP contribution in [0.15, 0.2) is 30.7 Å². The molecule has 6 nitrogen and oxygen atoms in total. The van der Waals surface area contributed by atoms with Gasteiger partial charge in [0.15, 0.2) is 0 Å². The van der Waals surface area contributed by atoms with E-state index in [4.69, 9.17) is 9.84 Å². The van der Waals surface area contributed by atoms with E-state index in [1.807, 2.05) is 6.92 Å². The second-order valence-electron chi connectivity index (χ2n) is 3.30. The number of carboxylic acids is 1. The van der Waals surface area contributed by atoms with E-state index < -0.39 is 5.97 Å². The number of ether oxygens (including phenoxy) is 1. The van der Waals surface area contributed by atoms with Crippen molar-refractivity contribution in [3.63, 3.8) is 0 Å². The van der Waals surface area contributed by atoms with Gasteiger partial charge in [-0.3, -0.25) is 4.98 Å². The van der Waals surface area contributed by atoms with Gasteiger partial charge in [-0.15, -0.1) is 0 Å². The quantitative estimate of drug-likeness (QED) is 0.864. The first-order valence-corrected chi connectivity index (χ1v) is 4.81. The molecule has 0 saturated heterocycles. The predicted molar refractivity (Wildman–Crippen MR) is 58.0 cm³/mol. The number of nitrogens with zero attached hydrogens (tertiary/aromatic N) is 3. The Morgan fingerprint density at radius 3 is 2.41 bits per heavy atom. The summed E-state index contributed by atoms with van der Waals surface area (Å²) in [6, 6.07) is 3.61. The van der Waals surface area contributed by atoms with E-state index in [0.29, 0.717) is 5.75 Å². The fourth-order valence-electron chi connectivity index (χ4n) is 1.10. The maximum absolute atomic E-state index is 10.6. The molecular weight excluding hydrogens is 222 g/mol. The van der Waals surface area contributed by atoms with Gasteiger partial charge in [-0.25, -0.2) is 14.8 Å². The molecule has 0 aliphatic carbocycles. The number of hydrogen-bond donors (Lipinski definition) is 1. The van der Waals surface area contributed by atoms with Crippen LogP contribution in [0.4, 0.5) is 0 Å². The second kappa shape index (κ2) is 4.56. The summed E-state index contributed by atoms with van der Waals surface area (Å²) in [7, 11) is 0. The Morgan fingerprint density at radius 1 is 1.18 bits per heavy atom. The Kier molecular flexibility index (Phi) is 2.95. The number of carboxylic acid groups (broad SMARTS) is 1. The molecule has 0 aliphatic heterocycles. The lowest BCUT2D eigenvalue weighted by molar-refractivity contribution is 0.0696. The molecule has 6 heteroatoms. The Hall–Kier alpha value is -2.50. The van der Waals surface area contributed by atoms with Crippen molar-refractivity contribution in [3.05, 3.63) is 42.0 Å². The number of aryl methyl sites for hydroxylation is 1. The Labute approximate surface area is 96.9 Å². The van der Waals surface area contributed by atoms with E-state index in [1.165, 1.54) is 12.4 Å². The first-order valence-electron chi connectivity index (χ1n) is 4.81. The van der Waals surface area contributed by atoms with Gasteiger partial charge in [0.2, 0.25) is 0 Å². The first kappa shape index (κ1) is 11.0. The number of rotatable bonds is 3. The standard InChI is InChI=1S/C11H9N3O3/c1-7-2-3-9(6-12-7)17-11-13-4-8(5-14-11)10(15)16/h2-6H,1H3,(H,15,16). The SMILES string of the molecule is Cc1ccc(Oc2ncc(C(=O)O)cn2)cn1. The maximum Gasteiger partial charge on any atom is 0.338 e. The maximum atomic E-state index is 10.6. The van der Waals surface area contributed by atoms with Crippen molar-refractivity contribution in [2.75, 3.05) is 0 Å². The zero-order valence-corrected chi connectivity index (χ0v) is 8.99. The topological polar surface area (TPSA) is 85.2 Å². The van der Waals surface area contributed by atoms with Gasteiger partial charge in [0, 0.05) is 18.1 Å². The summed E-state index contributed by atoms with van der Waals surface area (Å²) in [6.45, 7) is 1.86. The normalized spacial score (nSPS) is 9.94. The van der Waals surface area contributed by atoms with E-state index in [-0.39, 0.29) is 11.6 Å². The summed E-state index contributed by atoms with van der Waals surface area (Å²) in [4.78, 5) is 22.2. The van der Waals surface area contributed by atoms with Crippen molar-refractivity contribution in [1.29, 1.82) is 0 Å². The van der Waals surface area contributed by atoms with Crippen LogP contribution >= 0.6 is 0 Å². The lowest BCUT2D eigenvalue weighted by atomic mass is 10.3. The van der Waals surface area contributed by atoms with Crippen LogP contribution in [0.3, 0.4) is 0 Å². The number of pyridine rings is 1.